The van der Waals surface area contributed by atoms with Crippen molar-refractivity contribution in [3.05, 3.63) is 0 Å². The molecule has 0 aliphatic carbocycles. The van der Waals surface area contributed by atoms with Crippen LogP contribution in [-0.2, 0) is 4.79 Å². The number of carbonyl (C=O) groups excluding carboxylic acids is 1. The fourth-order valence-corrected chi connectivity index (χ4v) is 4.46. The molecular formula is C19H36N4O. The molecule has 3 aliphatic heterocycles. The van der Waals surface area contributed by atoms with Crippen molar-refractivity contribution in [3.8, 4) is 0 Å². The van der Waals surface area contributed by atoms with Gasteiger partial charge in [-0.2, -0.15) is 0 Å². The number of rotatable bonds is 4. The summed E-state index contributed by atoms with van der Waals surface area (Å²) in [6, 6.07) is 1.29. The number of nitrogens with zero attached hydrogens (tertiary/aromatic N) is 4. The molecule has 0 unspecified atom stereocenters. The molecule has 0 atom stereocenters. The van der Waals surface area contributed by atoms with Crippen molar-refractivity contribution in [2.45, 2.75) is 52.6 Å². The maximum absolute atomic E-state index is 12.6. The van der Waals surface area contributed by atoms with Crippen LogP contribution in [0.5, 0.6) is 0 Å². The van der Waals surface area contributed by atoms with Gasteiger partial charge in [-0.05, 0) is 46.0 Å². The third kappa shape index (κ3) is 3.94. The van der Waals surface area contributed by atoms with E-state index < -0.39 is 0 Å². The van der Waals surface area contributed by atoms with Gasteiger partial charge in [0, 0.05) is 64.4 Å². The van der Waals surface area contributed by atoms with E-state index in [-0.39, 0.29) is 0 Å². The lowest BCUT2D eigenvalue weighted by Crippen LogP contribution is -2.62. The molecule has 5 heteroatoms. The van der Waals surface area contributed by atoms with Crippen molar-refractivity contribution in [2.75, 3.05) is 58.9 Å². The fraction of sp³-hybridized carbons (Fsp3) is 0.947. The Hall–Kier alpha value is -0.650. The minimum atomic E-state index is 0.350. The molecule has 0 aromatic carbocycles. The SMILES string of the molecule is CC(C)N1CCN(CC(=O)N2CCC3(CC2)CN(C(C)C)C3)CC1. The van der Waals surface area contributed by atoms with Crippen LogP contribution in [-0.4, -0.2) is 96.5 Å². The van der Waals surface area contributed by atoms with E-state index in [1.165, 1.54) is 25.9 Å². The fourth-order valence-electron chi connectivity index (χ4n) is 4.46. The van der Waals surface area contributed by atoms with Crippen molar-refractivity contribution in [2.24, 2.45) is 5.41 Å². The molecule has 0 saturated carbocycles. The zero-order valence-electron chi connectivity index (χ0n) is 16.1. The van der Waals surface area contributed by atoms with Crippen molar-refractivity contribution in [1.29, 1.82) is 0 Å². The Labute approximate surface area is 147 Å². The lowest BCUT2D eigenvalue weighted by molar-refractivity contribution is -0.138. The van der Waals surface area contributed by atoms with Crippen LogP contribution in [0.2, 0.25) is 0 Å². The van der Waals surface area contributed by atoms with Gasteiger partial charge >= 0.3 is 0 Å². The van der Waals surface area contributed by atoms with Crippen LogP contribution < -0.4 is 0 Å². The minimum absolute atomic E-state index is 0.350. The molecule has 3 heterocycles. The molecule has 3 saturated heterocycles. The molecule has 3 rings (SSSR count). The highest BCUT2D eigenvalue weighted by molar-refractivity contribution is 5.78. The maximum atomic E-state index is 12.6. The summed E-state index contributed by atoms with van der Waals surface area (Å²) in [6.45, 7) is 18.4. The average molecular weight is 337 g/mol. The molecule has 24 heavy (non-hydrogen) atoms. The van der Waals surface area contributed by atoms with E-state index in [9.17, 15) is 4.79 Å². The average Bonchev–Trinajstić information content (AvgIpc) is 2.53. The summed E-state index contributed by atoms with van der Waals surface area (Å²) >= 11 is 0. The number of amides is 1. The van der Waals surface area contributed by atoms with E-state index in [1.54, 1.807) is 0 Å². The number of piperidine rings is 1. The molecule has 0 aromatic rings. The van der Waals surface area contributed by atoms with Crippen LogP contribution in [0.3, 0.4) is 0 Å². The normalized spacial score (nSPS) is 26.3. The third-order valence-corrected chi connectivity index (χ3v) is 6.48. The quantitative estimate of drug-likeness (QED) is 0.775. The Balaban J connectivity index is 1.39. The van der Waals surface area contributed by atoms with Crippen molar-refractivity contribution in [1.82, 2.24) is 19.6 Å². The summed E-state index contributed by atoms with van der Waals surface area (Å²) in [5.74, 6) is 0.350. The van der Waals surface area contributed by atoms with Gasteiger partial charge in [0.25, 0.3) is 0 Å². The van der Waals surface area contributed by atoms with Gasteiger partial charge < -0.3 is 4.90 Å². The number of hydrogen-bond acceptors (Lipinski definition) is 4. The van der Waals surface area contributed by atoms with Gasteiger partial charge in [-0.15, -0.1) is 0 Å². The summed E-state index contributed by atoms with van der Waals surface area (Å²) in [7, 11) is 0. The standard InChI is InChI=1S/C19H36N4O/c1-16(2)21-11-9-20(10-12-21)13-18(24)22-7-5-19(6-8-22)14-23(15-19)17(3)4/h16-17H,5-15H2,1-4H3. The Bertz CT molecular complexity index is 427. The zero-order chi connectivity index (χ0) is 17.3. The Morgan fingerprint density at radius 3 is 1.88 bits per heavy atom. The molecule has 5 nitrogen and oxygen atoms in total. The van der Waals surface area contributed by atoms with Crippen molar-refractivity contribution < 1.29 is 4.79 Å². The second kappa shape index (κ2) is 7.30. The summed E-state index contributed by atoms with van der Waals surface area (Å²) in [5, 5.41) is 0. The highest BCUT2D eigenvalue weighted by atomic mass is 16.2. The van der Waals surface area contributed by atoms with E-state index >= 15 is 0 Å². The number of piperazine rings is 1. The first-order valence-electron chi connectivity index (χ1n) is 9.87. The first-order valence-corrected chi connectivity index (χ1v) is 9.87. The van der Waals surface area contributed by atoms with Gasteiger partial charge in [-0.1, -0.05) is 0 Å². The number of carbonyl (C=O) groups is 1. The summed E-state index contributed by atoms with van der Waals surface area (Å²) in [4.78, 5) is 22.2. The number of hydrogen-bond donors (Lipinski definition) is 0. The van der Waals surface area contributed by atoms with Crippen molar-refractivity contribution >= 4 is 5.91 Å². The van der Waals surface area contributed by atoms with Crippen molar-refractivity contribution in [3.63, 3.8) is 0 Å². The summed E-state index contributed by atoms with van der Waals surface area (Å²) in [5.41, 5.74) is 0.518. The van der Waals surface area contributed by atoms with Gasteiger partial charge in [-0.3, -0.25) is 19.5 Å². The molecule has 0 N–H and O–H groups in total. The molecule has 1 spiro atoms. The Morgan fingerprint density at radius 2 is 1.38 bits per heavy atom. The van der Waals surface area contributed by atoms with Crippen LogP contribution in [0, 0.1) is 5.41 Å². The lowest BCUT2D eigenvalue weighted by Gasteiger charge is -2.55. The highest BCUT2D eigenvalue weighted by Crippen LogP contribution is 2.41. The summed E-state index contributed by atoms with van der Waals surface area (Å²) in [6.07, 6.45) is 2.40. The van der Waals surface area contributed by atoms with Crippen LogP contribution in [0.25, 0.3) is 0 Å². The molecule has 0 radical (unpaired) electrons. The van der Waals surface area contributed by atoms with Gasteiger partial charge in [0.15, 0.2) is 0 Å². The zero-order valence-corrected chi connectivity index (χ0v) is 16.1. The van der Waals surface area contributed by atoms with Crippen LogP contribution in [0.15, 0.2) is 0 Å². The molecule has 1 amide bonds. The monoisotopic (exact) mass is 336 g/mol. The largest absolute Gasteiger partial charge is 0.342 e. The van der Waals surface area contributed by atoms with E-state index in [0.717, 1.165) is 39.3 Å². The van der Waals surface area contributed by atoms with E-state index in [1.807, 2.05) is 0 Å². The second-order valence-corrected chi connectivity index (χ2v) is 8.79. The molecule has 3 fully saturated rings. The van der Waals surface area contributed by atoms with Crippen LogP contribution in [0.4, 0.5) is 0 Å². The van der Waals surface area contributed by atoms with Gasteiger partial charge in [0.05, 0.1) is 6.54 Å². The molecule has 0 bridgehead atoms. The minimum Gasteiger partial charge on any atom is -0.342 e. The first kappa shape index (κ1) is 18.2. The van der Waals surface area contributed by atoms with Gasteiger partial charge in [0.2, 0.25) is 5.91 Å². The van der Waals surface area contributed by atoms with Gasteiger partial charge in [0.1, 0.15) is 0 Å². The second-order valence-electron chi connectivity index (χ2n) is 8.79. The highest BCUT2D eigenvalue weighted by Gasteiger charge is 2.45. The molecule has 0 aromatic heterocycles. The predicted molar refractivity (Wildman–Crippen MR) is 98.1 cm³/mol. The van der Waals surface area contributed by atoms with Gasteiger partial charge in [-0.25, -0.2) is 0 Å². The molecule has 3 aliphatic rings. The number of likely N-dealkylation sites (tertiary alicyclic amines) is 2. The Kier molecular flexibility index (Phi) is 5.52. The van der Waals surface area contributed by atoms with Crippen LogP contribution >= 0.6 is 0 Å². The molecular weight excluding hydrogens is 300 g/mol. The molecule has 138 valence electrons. The summed E-state index contributed by atoms with van der Waals surface area (Å²) < 4.78 is 0. The van der Waals surface area contributed by atoms with E-state index in [2.05, 4.69) is 47.3 Å². The smallest absolute Gasteiger partial charge is 0.236 e. The predicted octanol–water partition coefficient (Wildman–Crippen LogP) is 1.35. The van der Waals surface area contributed by atoms with Crippen LogP contribution in [0.1, 0.15) is 40.5 Å². The third-order valence-electron chi connectivity index (χ3n) is 6.48. The van der Waals surface area contributed by atoms with E-state index in [0.29, 0.717) is 30.0 Å². The Morgan fingerprint density at radius 1 is 0.833 bits per heavy atom. The topological polar surface area (TPSA) is 30.0 Å². The first-order chi connectivity index (χ1) is 11.4. The maximum Gasteiger partial charge on any atom is 0.236 e. The van der Waals surface area contributed by atoms with E-state index in [4.69, 9.17) is 0 Å². The lowest BCUT2D eigenvalue weighted by atomic mass is 9.71.